The van der Waals surface area contributed by atoms with E-state index in [-0.39, 0.29) is 5.91 Å². The maximum Gasteiger partial charge on any atom is 0.257 e. The summed E-state index contributed by atoms with van der Waals surface area (Å²) in [5.74, 6) is 1.13. The number of thiazole rings is 1. The Morgan fingerprint density at radius 1 is 1.04 bits per heavy atom. The van der Waals surface area contributed by atoms with Crippen LogP contribution in [0.15, 0.2) is 48.5 Å². The summed E-state index contributed by atoms with van der Waals surface area (Å²) in [6.07, 6.45) is 0. The largest absolute Gasteiger partial charge is 0.493 e. The summed E-state index contributed by atoms with van der Waals surface area (Å²) in [6.45, 7) is 1.97. The lowest BCUT2D eigenvalue weighted by atomic mass is 10.1. The zero-order valence-corrected chi connectivity index (χ0v) is 15.0. The van der Waals surface area contributed by atoms with Gasteiger partial charge in [-0.1, -0.05) is 18.2 Å². The van der Waals surface area contributed by atoms with E-state index in [1.807, 2.05) is 43.3 Å². The first-order chi connectivity index (χ1) is 12.1. The molecule has 0 spiro atoms. The number of methoxy groups -OCH3 is 2. The van der Waals surface area contributed by atoms with Crippen LogP contribution in [0.25, 0.3) is 11.3 Å². The second kappa shape index (κ2) is 7.36. The molecular formula is C19H18N2O3S. The summed E-state index contributed by atoms with van der Waals surface area (Å²) in [7, 11) is 3.20. The predicted octanol–water partition coefficient (Wildman–Crippen LogP) is 4.39. The average Bonchev–Trinajstić information content (AvgIpc) is 3.01. The van der Waals surface area contributed by atoms with E-state index in [0.29, 0.717) is 22.2 Å². The molecule has 0 fully saturated rings. The summed E-state index contributed by atoms with van der Waals surface area (Å²) in [5, 5.41) is 3.42. The van der Waals surface area contributed by atoms with Crippen LogP contribution in [0.5, 0.6) is 11.5 Å². The molecule has 0 bridgehead atoms. The minimum absolute atomic E-state index is 0.173. The van der Waals surface area contributed by atoms with Crippen LogP contribution in [-0.2, 0) is 0 Å². The quantitative estimate of drug-likeness (QED) is 0.738. The van der Waals surface area contributed by atoms with Crippen LogP contribution < -0.4 is 14.8 Å². The normalized spacial score (nSPS) is 10.4. The van der Waals surface area contributed by atoms with Gasteiger partial charge < -0.3 is 9.47 Å². The van der Waals surface area contributed by atoms with Crippen molar-refractivity contribution in [2.45, 2.75) is 6.92 Å². The van der Waals surface area contributed by atoms with Gasteiger partial charge in [0.2, 0.25) is 0 Å². The van der Waals surface area contributed by atoms with E-state index in [2.05, 4.69) is 10.3 Å². The Kier molecular flexibility index (Phi) is 5.00. The highest BCUT2D eigenvalue weighted by atomic mass is 32.1. The number of aryl methyl sites for hydroxylation is 1. The van der Waals surface area contributed by atoms with E-state index in [0.717, 1.165) is 16.1 Å². The molecule has 1 N–H and O–H groups in total. The van der Waals surface area contributed by atoms with Gasteiger partial charge in [-0.25, -0.2) is 4.98 Å². The van der Waals surface area contributed by atoms with Gasteiger partial charge in [-0.2, -0.15) is 0 Å². The molecule has 0 saturated carbocycles. The SMILES string of the molecule is COc1ccc(-c2nc(NC(=O)c3ccccc3)sc2C)cc1OC. The van der Waals surface area contributed by atoms with Gasteiger partial charge in [0.05, 0.1) is 19.9 Å². The van der Waals surface area contributed by atoms with E-state index in [4.69, 9.17) is 9.47 Å². The number of nitrogens with zero attached hydrogens (tertiary/aromatic N) is 1. The Morgan fingerprint density at radius 3 is 2.44 bits per heavy atom. The highest BCUT2D eigenvalue weighted by molar-refractivity contribution is 7.16. The molecule has 5 nitrogen and oxygen atoms in total. The van der Waals surface area contributed by atoms with Gasteiger partial charge in [0, 0.05) is 16.0 Å². The van der Waals surface area contributed by atoms with Crippen molar-refractivity contribution in [3.05, 3.63) is 59.0 Å². The van der Waals surface area contributed by atoms with Crippen LogP contribution >= 0.6 is 11.3 Å². The maximum absolute atomic E-state index is 12.3. The fourth-order valence-electron chi connectivity index (χ4n) is 2.46. The fraction of sp³-hybridized carbons (Fsp3) is 0.158. The molecule has 1 heterocycles. The molecule has 0 unspecified atom stereocenters. The zero-order chi connectivity index (χ0) is 17.8. The molecule has 0 aliphatic carbocycles. The van der Waals surface area contributed by atoms with Crippen molar-refractivity contribution in [3.8, 4) is 22.8 Å². The molecule has 0 aliphatic heterocycles. The number of ether oxygens (including phenoxy) is 2. The summed E-state index contributed by atoms with van der Waals surface area (Å²) >= 11 is 1.44. The van der Waals surface area contributed by atoms with Crippen LogP contribution in [0.3, 0.4) is 0 Å². The second-order valence-corrected chi connectivity index (χ2v) is 6.52. The number of carbonyl (C=O) groups is 1. The van der Waals surface area contributed by atoms with E-state index < -0.39 is 0 Å². The summed E-state index contributed by atoms with van der Waals surface area (Å²) in [4.78, 5) is 17.9. The first kappa shape index (κ1) is 17.0. The molecule has 0 radical (unpaired) electrons. The molecule has 2 aromatic carbocycles. The number of nitrogens with one attached hydrogen (secondary N) is 1. The van der Waals surface area contributed by atoms with Crippen molar-refractivity contribution in [2.24, 2.45) is 0 Å². The van der Waals surface area contributed by atoms with Crippen molar-refractivity contribution in [1.82, 2.24) is 4.98 Å². The van der Waals surface area contributed by atoms with Gasteiger partial charge in [-0.15, -0.1) is 11.3 Å². The molecule has 0 atom stereocenters. The van der Waals surface area contributed by atoms with Gasteiger partial charge in [0.1, 0.15) is 0 Å². The Bertz CT molecular complexity index is 891. The minimum Gasteiger partial charge on any atom is -0.493 e. The summed E-state index contributed by atoms with van der Waals surface area (Å²) < 4.78 is 10.6. The van der Waals surface area contributed by atoms with Crippen molar-refractivity contribution in [1.29, 1.82) is 0 Å². The van der Waals surface area contributed by atoms with Crippen LogP contribution in [0.2, 0.25) is 0 Å². The van der Waals surface area contributed by atoms with E-state index >= 15 is 0 Å². The fourth-order valence-corrected chi connectivity index (χ4v) is 3.29. The molecule has 6 heteroatoms. The summed E-state index contributed by atoms with van der Waals surface area (Å²) in [5.41, 5.74) is 2.32. The first-order valence-electron chi connectivity index (χ1n) is 7.68. The van der Waals surface area contributed by atoms with Crippen LogP contribution in [-0.4, -0.2) is 25.1 Å². The number of anilines is 1. The van der Waals surface area contributed by atoms with Crippen molar-refractivity contribution in [3.63, 3.8) is 0 Å². The third-order valence-corrected chi connectivity index (χ3v) is 4.60. The molecule has 25 heavy (non-hydrogen) atoms. The van der Waals surface area contributed by atoms with Gasteiger partial charge in [-0.3, -0.25) is 10.1 Å². The Morgan fingerprint density at radius 2 is 1.76 bits per heavy atom. The standard InChI is InChI=1S/C19H18N2O3S/c1-12-17(14-9-10-15(23-2)16(11-14)24-3)20-19(25-12)21-18(22)13-7-5-4-6-8-13/h4-11H,1-3H3,(H,20,21,22). The molecule has 0 saturated heterocycles. The monoisotopic (exact) mass is 354 g/mol. The minimum atomic E-state index is -0.173. The molecule has 0 aliphatic rings. The number of hydrogen-bond acceptors (Lipinski definition) is 5. The third-order valence-electron chi connectivity index (χ3n) is 3.71. The molecule has 1 aromatic heterocycles. The van der Waals surface area contributed by atoms with Crippen molar-refractivity contribution >= 4 is 22.4 Å². The number of benzene rings is 2. The second-order valence-electron chi connectivity index (χ2n) is 5.31. The topological polar surface area (TPSA) is 60.5 Å². The number of aromatic nitrogens is 1. The number of carbonyl (C=O) groups excluding carboxylic acids is 1. The van der Waals surface area contributed by atoms with Gasteiger partial charge in [-0.05, 0) is 37.3 Å². The Labute approximate surface area is 150 Å². The molecule has 3 rings (SSSR count). The number of amides is 1. The lowest BCUT2D eigenvalue weighted by Gasteiger charge is -2.08. The third kappa shape index (κ3) is 3.64. The number of rotatable bonds is 5. The van der Waals surface area contributed by atoms with Gasteiger partial charge in [0.25, 0.3) is 5.91 Å². The van der Waals surface area contributed by atoms with E-state index in [1.165, 1.54) is 11.3 Å². The maximum atomic E-state index is 12.3. The summed E-state index contributed by atoms with van der Waals surface area (Å²) in [6, 6.07) is 14.7. The van der Waals surface area contributed by atoms with E-state index in [1.54, 1.807) is 26.4 Å². The lowest BCUT2D eigenvalue weighted by Crippen LogP contribution is -2.11. The van der Waals surface area contributed by atoms with Crippen LogP contribution in [0, 0.1) is 6.92 Å². The van der Waals surface area contributed by atoms with Crippen LogP contribution in [0.1, 0.15) is 15.2 Å². The van der Waals surface area contributed by atoms with Gasteiger partial charge >= 0.3 is 0 Å². The smallest absolute Gasteiger partial charge is 0.257 e. The highest BCUT2D eigenvalue weighted by Gasteiger charge is 2.15. The first-order valence-corrected chi connectivity index (χ1v) is 8.50. The van der Waals surface area contributed by atoms with Crippen LogP contribution in [0.4, 0.5) is 5.13 Å². The van der Waals surface area contributed by atoms with Crippen molar-refractivity contribution < 1.29 is 14.3 Å². The molecule has 1 amide bonds. The van der Waals surface area contributed by atoms with E-state index in [9.17, 15) is 4.79 Å². The molecule has 128 valence electrons. The molecule has 3 aromatic rings. The predicted molar refractivity (Wildman–Crippen MR) is 99.8 cm³/mol. The Hall–Kier alpha value is -2.86. The molecular weight excluding hydrogens is 336 g/mol. The average molecular weight is 354 g/mol. The Balaban J connectivity index is 1.87. The van der Waals surface area contributed by atoms with Crippen molar-refractivity contribution in [2.75, 3.05) is 19.5 Å². The number of hydrogen-bond donors (Lipinski definition) is 1. The zero-order valence-electron chi connectivity index (χ0n) is 14.2. The van der Waals surface area contributed by atoms with Gasteiger partial charge in [0.15, 0.2) is 16.6 Å². The highest BCUT2D eigenvalue weighted by Crippen LogP contribution is 2.36. The lowest BCUT2D eigenvalue weighted by molar-refractivity contribution is 0.102.